The van der Waals surface area contributed by atoms with Crippen molar-refractivity contribution in [3.8, 4) is 0 Å². The normalized spacial score (nSPS) is 20.0. The lowest BCUT2D eigenvalue weighted by Crippen LogP contribution is -2.34. The molecule has 1 aliphatic heterocycles. The maximum atomic E-state index is 12.4. The Labute approximate surface area is 149 Å². The number of benzene rings is 2. The molecule has 0 radical (unpaired) electrons. The van der Waals surface area contributed by atoms with Gasteiger partial charge >= 0.3 is 0 Å². The molecule has 0 aliphatic carbocycles. The molecule has 2 aromatic rings. The van der Waals surface area contributed by atoms with Crippen LogP contribution in [0.15, 0.2) is 60.7 Å². The van der Waals surface area contributed by atoms with E-state index in [2.05, 4.69) is 0 Å². The Morgan fingerprint density at radius 2 is 1.76 bits per heavy atom. The van der Waals surface area contributed by atoms with Gasteiger partial charge in [0, 0.05) is 19.6 Å². The minimum Gasteiger partial charge on any atom is -0.383 e. The fraction of sp³-hybridized carbons (Fsp3) is 0.381. The van der Waals surface area contributed by atoms with Crippen molar-refractivity contribution in [2.24, 2.45) is 0 Å². The third-order valence-corrected chi connectivity index (χ3v) is 4.70. The molecule has 1 atom stereocenters. The van der Waals surface area contributed by atoms with E-state index in [0.29, 0.717) is 45.6 Å². The smallest absolute Gasteiger partial charge is 0.222 e. The lowest BCUT2D eigenvalue weighted by molar-refractivity contribution is -0.131. The summed E-state index contributed by atoms with van der Waals surface area (Å²) in [6.07, 6.45) is 1.75. The van der Waals surface area contributed by atoms with Crippen LogP contribution in [0.4, 0.5) is 0 Å². The van der Waals surface area contributed by atoms with Crippen LogP contribution < -0.4 is 0 Å². The van der Waals surface area contributed by atoms with E-state index in [-0.39, 0.29) is 5.91 Å². The average Bonchev–Trinajstić information content (AvgIpc) is 3.07. The quantitative estimate of drug-likeness (QED) is 0.789. The molecular weight excluding hydrogens is 314 g/mol. The number of β-amino-alcohol motifs (C(OH)–C–C–N with tert-alkyl or cyclic N) is 1. The first kappa shape index (κ1) is 17.6. The van der Waals surface area contributed by atoms with Gasteiger partial charge in [0.15, 0.2) is 0 Å². The van der Waals surface area contributed by atoms with Crippen LogP contribution in [0.1, 0.15) is 30.4 Å². The van der Waals surface area contributed by atoms with Gasteiger partial charge < -0.3 is 14.7 Å². The second kappa shape index (κ2) is 8.28. The molecule has 1 fully saturated rings. The molecule has 0 bridgehead atoms. The first-order valence-electron chi connectivity index (χ1n) is 8.85. The molecule has 1 heterocycles. The zero-order chi connectivity index (χ0) is 17.5. The molecular formula is C21H25NO3. The van der Waals surface area contributed by atoms with Crippen molar-refractivity contribution in [1.82, 2.24) is 4.90 Å². The van der Waals surface area contributed by atoms with Crippen LogP contribution in [-0.4, -0.2) is 35.6 Å². The van der Waals surface area contributed by atoms with Gasteiger partial charge in [-0.1, -0.05) is 60.7 Å². The summed E-state index contributed by atoms with van der Waals surface area (Å²) in [6.45, 7) is 2.12. The highest BCUT2D eigenvalue weighted by molar-refractivity contribution is 5.76. The predicted octanol–water partition coefficient (Wildman–Crippen LogP) is 3.10. The molecule has 132 valence electrons. The maximum Gasteiger partial charge on any atom is 0.222 e. The third-order valence-electron chi connectivity index (χ3n) is 4.70. The van der Waals surface area contributed by atoms with Crippen molar-refractivity contribution >= 4 is 5.91 Å². The van der Waals surface area contributed by atoms with Gasteiger partial charge in [0.25, 0.3) is 0 Å². The second-order valence-electron chi connectivity index (χ2n) is 6.60. The highest BCUT2D eigenvalue weighted by Gasteiger charge is 2.39. The SMILES string of the molecule is O=C(CCCOCc1ccccc1)N1CCC(O)(c2ccccc2)C1. The molecule has 0 aromatic heterocycles. The lowest BCUT2D eigenvalue weighted by Gasteiger charge is -2.24. The van der Waals surface area contributed by atoms with Gasteiger partial charge in [-0.2, -0.15) is 0 Å². The number of hydrogen-bond acceptors (Lipinski definition) is 3. The van der Waals surface area contributed by atoms with E-state index < -0.39 is 5.60 Å². The number of hydrogen-bond donors (Lipinski definition) is 1. The Balaban J connectivity index is 1.39. The van der Waals surface area contributed by atoms with Crippen molar-refractivity contribution < 1.29 is 14.6 Å². The molecule has 0 spiro atoms. The van der Waals surface area contributed by atoms with Gasteiger partial charge in [-0.3, -0.25) is 4.79 Å². The van der Waals surface area contributed by atoms with Gasteiger partial charge in [-0.25, -0.2) is 0 Å². The number of nitrogens with zero attached hydrogens (tertiary/aromatic N) is 1. The molecule has 1 amide bonds. The molecule has 1 aliphatic rings. The number of ether oxygens (including phenoxy) is 1. The highest BCUT2D eigenvalue weighted by Crippen LogP contribution is 2.32. The van der Waals surface area contributed by atoms with E-state index in [9.17, 15) is 9.90 Å². The van der Waals surface area contributed by atoms with E-state index >= 15 is 0 Å². The summed E-state index contributed by atoms with van der Waals surface area (Å²) < 4.78 is 5.62. The Morgan fingerprint density at radius 1 is 1.08 bits per heavy atom. The molecule has 3 rings (SSSR count). The topological polar surface area (TPSA) is 49.8 Å². The fourth-order valence-corrected chi connectivity index (χ4v) is 3.24. The zero-order valence-electron chi connectivity index (χ0n) is 14.4. The van der Waals surface area contributed by atoms with Gasteiger partial charge in [0.2, 0.25) is 5.91 Å². The number of carbonyl (C=O) groups excluding carboxylic acids is 1. The number of rotatable bonds is 7. The van der Waals surface area contributed by atoms with Crippen LogP contribution in [0.2, 0.25) is 0 Å². The van der Waals surface area contributed by atoms with Crippen LogP contribution in [-0.2, 0) is 21.7 Å². The summed E-state index contributed by atoms with van der Waals surface area (Å²) in [6, 6.07) is 19.6. The van der Waals surface area contributed by atoms with E-state index in [1.165, 1.54) is 0 Å². The van der Waals surface area contributed by atoms with E-state index in [1.54, 1.807) is 4.90 Å². The number of likely N-dealkylation sites (tertiary alicyclic amines) is 1. The summed E-state index contributed by atoms with van der Waals surface area (Å²) in [7, 11) is 0. The van der Waals surface area contributed by atoms with E-state index in [4.69, 9.17) is 4.74 Å². The fourth-order valence-electron chi connectivity index (χ4n) is 3.24. The van der Waals surface area contributed by atoms with Crippen LogP contribution in [0, 0.1) is 0 Å². The van der Waals surface area contributed by atoms with Gasteiger partial charge in [0.1, 0.15) is 5.60 Å². The van der Waals surface area contributed by atoms with Crippen LogP contribution >= 0.6 is 0 Å². The molecule has 2 aromatic carbocycles. The van der Waals surface area contributed by atoms with Gasteiger partial charge in [0.05, 0.1) is 13.2 Å². The summed E-state index contributed by atoms with van der Waals surface area (Å²) in [5.41, 5.74) is 1.11. The summed E-state index contributed by atoms with van der Waals surface area (Å²) in [4.78, 5) is 14.1. The molecule has 0 saturated carbocycles. The molecule has 1 unspecified atom stereocenters. The molecule has 1 N–H and O–H groups in total. The van der Waals surface area contributed by atoms with Gasteiger partial charge in [-0.05, 0) is 24.0 Å². The highest BCUT2D eigenvalue weighted by atomic mass is 16.5. The predicted molar refractivity (Wildman–Crippen MR) is 96.9 cm³/mol. The maximum absolute atomic E-state index is 12.4. The second-order valence-corrected chi connectivity index (χ2v) is 6.60. The first-order chi connectivity index (χ1) is 12.2. The monoisotopic (exact) mass is 339 g/mol. The zero-order valence-corrected chi connectivity index (χ0v) is 14.4. The Bertz CT molecular complexity index is 674. The Kier molecular flexibility index (Phi) is 5.84. The average molecular weight is 339 g/mol. The van der Waals surface area contributed by atoms with Crippen molar-refractivity contribution in [3.05, 3.63) is 71.8 Å². The van der Waals surface area contributed by atoms with Crippen molar-refractivity contribution in [2.75, 3.05) is 19.7 Å². The summed E-state index contributed by atoms with van der Waals surface area (Å²) >= 11 is 0. The van der Waals surface area contributed by atoms with Crippen LogP contribution in [0.25, 0.3) is 0 Å². The minimum atomic E-state index is -0.916. The summed E-state index contributed by atoms with van der Waals surface area (Å²) in [5.74, 6) is 0.0927. The van der Waals surface area contributed by atoms with Crippen LogP contribution in [0.3, 0.4) is 0 Å². The van der Waals surface area contributed by atoms with Gasteiger partial charge in [-0.15, -0.1) is 0 Å². The van der Waals surface area contributed by atoms with Crippen molar-refractivity contribution in [1.29, 1.82) is 0 Å². The number of amides is 1. The minimum absolute atomic E-state index is 0.0927. The first-order valence-corrected chi connectivity index (χ1v) is 8.85. The summed E-state index contributed by atoms with van der Waals surface area (Å²) in [5, 5.41) is 10.8. The standard InChI is InChI=1S/C21H25NO3/c23-20(12-7-15-25-16-18-8-3-1-4-9-18)22-14-13-21(24,17-22)19-10-5-2-6-11-19/h1-6,8-11,24H,7,12-17H2. The van der Waals surface area contributed by atoms with Crippen LogP contribution in [0.5, 0.6) is 0 Å². The van der Waals surface area contributed by atoms with Crippen molar-refractivity contribution in [2.45, 2.75) is 31.5 Å². The Hall–Kier alpha value is -2.17. The Morgan fingerprint density at radius 3 is 2.48 bits per heavy atom. The number of aliphatic hydroxyl groups is 1. The van der Waals surface area contributed by atoms with Crippen molar-refractivity contribution in [3.63, 3.8) is 0 Å². The number of carbonyl (C=O) groups is 1. The molecule has 25 heavy (non-hydrogen) atoms. The molecule has 1 saturated heterocycles. The third kappa shape index (κ3) is 4.68. The molecule has 4 nitrogen and oxygen atoms in total. The largest absolute Gasteiger partial charge is 0.383 e. The molecule has 4 heteroatoms. The van der Waals surface area contributed by atoms with E-state index in [1.807, 2.05) is 60.7 Å². The van der Waals surface area contributed by atoms with E-state index in [0.717, 1.165) is 11.1 Å². The lowest BCUT2D eigenvalue weighted by atomic mass is 9.93.